The van der Waals surface area contributed by atoms with E-state index in [1.54, 1.807) is 20.8 Å². The third kappa shape index (κ3) is 2.67. The van der Waals surface area contributed by atoms with E-state index in [0.29, 0.717) is 0 Å². The molecule has 0 spiro atoms. The lowest BCUT2D eigenvalue weighted by molar-refractivity contribution is -0.196. The smallest absolute Gasteiger partial charge is 0.329 e. The Labute approximate surface area is 118 Å². The van der Waals surface area contributed by atoms with E-state index >= 15 is 0 Å². The Hall–Kier alpha value is -1.88. The van der Waals surface area contributed by atoms with Crippen LogP contribution in [0.15, 0.2) is 30.3 Å². The average molecular weight is 277 g/mol. The molecule has 1 fully saturated rings. The molecule has 0 bridgehead atoms. The molecule has 2 rings (SSSR count). The molecule has 1 N–H and O–H groups in total. The van der Waals surface area contributed by atoms with E-state index in [1.807, 2.05) is 30.3 Å². The van der Waals surface area contributed by atoms with Gasteiger partial charge in [-0.2, -0.15) is 0 Å². The van der Waals surface area contributed by atoms with E-state index in [9.17, 15) is 14.7 Å². The number of hydrogen-bond donors (Lipinski definition) is 1. The number of morpholine rings is 1. The number of hydrogen-bond acceptors (Lipinski definition) is 3. The second-order valence-corrected chi connectivity index (χ2v) is 5.54. The van der Waals surface area contributed by atoms with Crippen molar-refractivity contribution in [3.05, 3.63) is 35.9 Å². The van der Waals surface area contributed by atoms with Crippen molar-refractivity contribution in [2.45, 2.75) is 45.1 Å². The van der Waals surface area contributed by atoms with Gasteiger partial charge in [0.25, 0.3) is 5.91 Å². The van der Waals surface area contributed by atoms with E-state index in [4.69, 9.17) is 4.74 Å². The molecule has 1 amide bonds. The number of ether oxygens (including phenoxy) is 1. The first-order valence-electron chi connectivity index (χ1n) is 6.58. The highest BCUT2D eigenvalue weighted by atomic mass is 16.5. The van der Waals surface area contributed by atoms with Crippen LogP contribution in [-0.2, 0) is 20.9 Å². The molecule has 1 aromatic carbocycles. The van der Waals surface area contributed by atoms with E-state index < -0.39 is 23.7 Å². The highest BCUT2D eigenvalue weighted by molar-refractivity contribution is 5.90. The predicted octanol–water partition coefficient (Wildman–Crippen LogP) is 1.67. The van der Waals surface area contributed by atoms with Crippen LogP contribution in [0.2, 0.25) is 0 Å². The van der Waals surface area contributed by atoms with Gasteiger partial charge in [0.1, 0.15) is 5.60 Å². The molecule has 0 aromatic heterocycles. The SMILES string of the molecule is CC1OC(C)(C)C(=O)N(Cc2ccccc2)C1C(=O)O. The number of aliphatic carboxylic acids is 1. The molecule has 0 radical (unpaired) electrons. The van der Waals surface area contributed by atoms with Crippen LogP contribution in [0.1, 0.15) is 26.3 Å². The second kappa shape index (κ2) is 5.25. The first-order chi connectivity index (χ1) is 9.33. The quantitative estimate of drug-likeness (QED) is 0.912. The summed E-state index contributed by atoms with van der Waals surface area (Å²) in [5.74, 6) is -1.34. The van der Waals surface area contributed by atoms with Gasteiger partial charge in [-0.25, -0.2) is 4.79 Å². The first kappa shape index (κ1) is 14.5. The molecular formula is C15H19NO4. The normalized spacial score (nSPS) is 25.6. The Balaban J connectivity index is 2.32. The minimum Gasteiger partial charge on any atom is -0.480 e. The van der Waals surface area contributed by atoms with E-state index in [2.05, 4.69) is 0 Å². The molecule has 5 heteroatoms. The van der Waals surface area contributed by atoms with Crippen molar-refractivity contribution in [1.82, 2.24) is 4.90 Å². The molecule has 1 aliphatic rings. The van der Waals surface area contributed by atoms with Gasteiger partial charge in [-0.1, -0.05) is 30.3 Å². The van der Waals surface area contributed by atoms with Gasteiger partial charge in [0.2, 0.25) is 0 Å². The van der Waals surface area contributed by atoms with Gasteiger partial charge in [0.15, 0.2) is 6.04 Å². The summed E-state index contributed by atoms with van der Waals surface area (Å²) >= 11 is 0. The van der Waals surface area contributed by atoms with Crippen LogP contribution in [0.25, 0.3) is 0 Å². The summed E-state index contributed by atoms with van der Waals surface area (Å²) in [4.78, 5) is 25.3. The Morgan fingerprint density at radius 1 is 1.35 bits per heavy atom. The largest absolute Gasteiger partial charge is 0.480 e. The van der Waals surface area contributed by atoms with Gasteiger partial charge < -0.3 is 14.7 Å². The molecule has 0 saturated carbocycles. The maximum Gasteiger partial charge on any atom is 0.329 e. The molecule has 0 aliphatic carbocycles. The van der Waals surface area contributed by atoms with Crippen LogP contribution in [0.3, 0.4) is 0 Å². The van der Waals surface area contributed by atoms with E-state index in [-0.39, 0.29) is 12.5 Å². The number of carbonyl (C=O) groups excluding carboxylic acids is 1. The fourth-order valence-corrected chi connectivity index (χ4v) is 2.59. The fraction of sp³-hybridized carbons (Fsp3) is 0.467. The second-order valence-electron chi connectivity index (χ2n) is 5.54. The molecule has 108 valence electrons. The lowest BCUT2D eigenvalue weighted by Gasteiger charge is -2.44. The van der Waals surface area contributed by atoms with Crippen LogP contribution < -0.4 is 0 Å². The molecule has 1 aromatic rings. The zero-order valence-corrected chi connectivity index (χ0v) is 11.9. The van der Waals surface area contributed by atoms with Crippen molar-refractivity contribution >= 4 is 11.9 Å². The lowest BCUT2D eigenvalue weighted by Crippen LogP contribution is -2.63. The Bertz CT molecular complexity index is 512. The highest BCUT2D eigenvalue weighted by Gasteiger charge is 2.48. The average Bonchev–Trinajstić information content (AvgIpc) is 2.36. The van der Waals surface area contributed by atoms with Gasteiger partial charge in [-0.05, 0) is 26.3 Å². The van der Waals surface area contributed by atoms with Crippen molar-refractivity contribution in [2.75, 3.05) is 0 Å². The zero-order chi connectivity index (χ0) is 14.9. The van der Waals surface area contributed by atoms with Gasteiger partial charge in [0.05, 0.1) is 6.10 Å². The summed E-state index contributed by atoms with van der Waals surface area (Å²) in [6.07, 6.45) is -0.552. The number of carbonyl (C=O) groups is 2. The van der Waals surface area contributed by atoms with Crippen molar-refractivity contribution in [3.8, 4) is 0 Å². The maximum atomic E-state index is 12.4. The van der Waals surface area contributed by atoms with Crippen molar-refractivity contribution in [2.24, 2.45) is 0 Å². The molecule has 2 atom stereocenters. The molecule has 20 heavy (non-hydrogen) atoms. The monoisotopic (exact) mass is 277 g/mol. The zero-order valence-electron chi connectivity index (χ0n) is 11.9. The number of nitrogens with zero attached hydrogens (tertiary/aromatic N) is 1. The predicted molar refractivity (Wildman–Crippen MR) is 73.0 cm³/mol. The van der Waals surface area contributed by atoms with Crippen molar-refractivity contribution < 1.29 is 19.4 Å². The minimum absolute atomic E-state index is 0.272. The Morgan fingerprint density at radius 2 is 1.95 bits per heavy atom. The highest BCUT2D eigenvalue weighted by Crippen LogP contribution is 2.28. The maximum absolute atomic E-state index is 12.4. The first-order valence-corrected chi connectivity index (χ1v) is 6.58. The fourth-order valence-electron chi connectivity index (χ4n) is 2.59. The standard InChI is InChI=1S/C15H19NO4/c1-10-12(13(17)18)16(14(19)15(2,3)20-10)9-11-7-5-4-6-8-11/h4-8,10,12H,9H2,1-3H3,(H,17,18). The van der Waals surface area contributed by atoms with E-state index in [0.717, 1.165) is 5.56 Å². The van der Waals surface area contributed by atoms with Crippen LogP contribution in [-0.4, -0.2) is 39.6 Å². The van der Waals surface area contributed by atoms with Gasteiger partial charge in [-0.15, -0.1) is 0 Å². The van der Waals surface area contributed by atoms with Crippen molar-refractivity contribution in [3.63, 3.8) is 0 Å². The third-order valence-corrected chi connectivity index (χ3v) is 3.49. The summed E-state index contributed by atoms with van der Waals surface area (Å²) in [6, 6.07) is 8.40. The van der Waals surface area contributed by atoms with Gasteiger partial charge >= 0.3 is 5.97 Å². The van der Waals surface area contributed by atoms with Crippen LogP contribution in [0.4, 0.5) is 0 Å². The van der Waals surface area contributed by atoms with Gasteiger partial charge in [0, 0.05) is 6.54 Å². The lowest BCUT2D eigenvalue weighted by atomic mass is 9.98. The van der Waals surface area contributed by atoms with Crippen LogP contribution in [0.5, 0.6) is 0 Å². The van der Waals surface area contributed by atoms with E-state index in [1.165, 1.54) is 4.90 Å². The third-order valence-electron chi connectivity index (χ3n) is 3.49. The number of carboxylic acid groups (broad SMARTS) is 1. The molecular weight excluding hydrogens is 258 g/mol. The Kier molecular flexibility index (Phi) is 3.81. The number of rotatable bonds is 3. The summed E-state index contributed by atoms with van der Waals surface area (Å²) in [5.41, 5.74) is -0.0999. The number of carboxylic acids is 1. The molecule has 1 aliphatic heterocycles. The summed E-state index contributed by atoms with van der Waals surface area (Å²) in [5, 5.41) is 9.37. The van der Waals surface area contributed by atoms with Crippen LogP contribution in [0, 0.1) is 0 Å². The van der Waals surface area contributed by atoms with Crippen LogP contribution >= 0.6 is 0 Å². The van der Waals surface area contributed by atoms with Gasteiger partial charge in [-0.3, -0.25) is 4.79 Å². The van der Waals surface area contributed by atoms with Crippen molar-refractivity contribution in [1.29, 1.82) is 0 Å². The number of amides is 1. The molecule has 5 nitrogen and oxygen atoms in total. The Morgan fingerprint density at radius 3 is 2.50 bits per heavy atom. The minimum atomic E-state index is -1.04. The topological polar surface area (TPSA) is 66.8 Å². The number of benzene rings is 1. The summed E-state index contributed by atoms with van der Waals surface area (Å²) < 4.78 is 5.56. The summed E-state index contributed by atoms with van der Waals surface area (Å²) in [7, 11) is 0. The molecule has 1 heterocycles. The molecule has 2 unspecified atom stereocenters. The molecule has 1 saturated heterocycles. The summed E-state index contributed by atoms with van der Waals surface area (Å²) in [6.45, 7) is 5.29.